The van der Waals surface area contributed by atoms with Crippen LogP contribution >= 0.6 is 27.5 Å². The number of alkyl halides is 1. The van der Waals surface area contributed by atoms with Gasteiger partial charge in [0.2, 0.25) is 0 Å². The molecule has 0 aliphatic carbocycles. The second-order valence-electron chi connectivity index (χ2n) is 4.85. The van der Waals surface area contributed by atoms with Crippen LogP contribution in [-0.4, -0.2) is 6.54 Å². The monoisotopic (exact) mass is 335 g/mol. The fraction of sp³-hybridized carbons (Fsp3) is 0.250. The number of benzene rings is 2. The Morgan fingerprint density at radius 3 is 2.68 bits per heavy atom. The zero-order valence-electron chi connectivity index (χ0n) is 10.6. The molecular weight excluding hydrogens is 322 g/mol. The van der Waals surface area contributed by atoms with Crippen LogP contribution in [0.1, 0.15) is 16.7 Å². The zero-order valence-corrected chi connectivity index (χ0v) is 12.9. The summed E-state index contributed by atoms with van der Waals surface area (Å²) in [7, 11) is 0. The summed E-state index contributed by atoms with van der Waals surface area (Å²) in [4.78, 5) is 2.44. The van der Waals surface area contributed by atoms with Gasteiger partial charge in [-0.3, -0.25) is 0 Å². The molecule has 0 radical (unpaired) electrons. The van der Waals surface area contributed by atoms with E-state index in [1.54, 1.807) is 0 Å². The molecule has 98 valence electrons. The first-order valence-electron chi connectivity index (χ1n) is 6.44. The second-order valence-corrected chi connectivity index (χ2v) is 5.84. The molecule has 1 aliphatic rings. The summed E-state index contributed by atoms with van der Waals surface area (Å²) in [5, 5.41) is 1.64. The molecule has 19 heavy (non-hydrogen) atoms. The van der Waals surface area contributed by atoms with Gasteiger partial charge in [-0.1, -0.05) is 51.8 Å². The first kappa shape index (κ1) is 13.0. The molecule has 2 aromatic rings. The number of fused-ring (bicyclic) bond motifs is 1. The molecule has 0 amide bonds. The predicted molar refractivity (Wildman–Crippen MR) is 85.3 cm³/mol. The lowest BCUT2D eigenvalue weighted by atomic mass is 9.99. The highest BCUT2D eigenvalue weighted by Gasteiger charge is 2.18. The summed E-state index contributed by atoms with van der Waals surface area (Å²) in [6.07, 6.45) is 1.11. The summed E-state index contributed by atoms with van der Waals surface area (Å²) >= 11 is 9.63. The summed E-state index contributed by atoms with van der Waals surface area (Å²) < 4.78 is 0. The quantitative estimate of drug-likeness (QED) is 0.712. The fourth-order valence-electron chi connectivity index (χ4n) is 2.67. The van der Waals surface area contributed by atoms with Crippen molar-refractivity contribution in [2.75, 3.05) is 11.4 Å². The van der Waals surface area contributed by atoms with Crippen molar-refractivity contribution < 1.29 is 0 Å². The minimum atomic E-state index is 0.801. The normalized spacial score (nSPS) is 14.3. The SMILES string of the molecule is Clc1ccc(N2CCc3ccccc3C2)c(CBr)c1. The Bertz CT molecular complexity index is 597. The predicted octanol–water partition coefficient (Wildman–Crippen LogP) is 4.80. The molecule has 3 heteroatoms. The van der Waals surface area contributed by atoms with Crippen molar-refractivity contribution >= 4 is 33.2 Å². The maximum absolute atomic E-state index is 6.08. The Kier molecular flexibility index (Phi) is 3.81. The third-order valence-corrected chi connectivity index (χ3v) is 4.50. The lowest BCUT2D eigenvalue weighted by Crippen LogP contribution is -2.30. The van der Waals surface area contributed by atoms with Gasteiger partial charge in [-0.2, -0.15) is 0 Å². The summed E-state index contributed by atoms with van der Waals surface area (Å²) in [5.41, 5.74) is 5.46. The van der Waals surface area contributed by atoms with E-state index in [1.807, 2.05) is 12.1 Å². The summed E-state index contributed by atoms with van der Waals surface area (Å²) in [6, 6.07) is 14.9. The molecule has 3 rings (SSSR count). The highest BCUT2D eigenvalue weighted by molar-refractivity contribution is 9.08. The number of halogens is 2. The molecule has 0 spiro atoms. The molecule has 0 N–H and O–H groups in total. The number of nitrogens with zero attached hydrogens (tertiary/aromatic N) is 1. The Balaban J connectivity index is 1.93. The molecular formula is C16H15BrClN. The number of hydrogen-bond acceptors (Lipinski definition) is 1. The Labute approximate surface area is 127 Å². The Hall–Kier alpha value is -0.990. The van der Waals surface area contributed by atoms with Crippen LogP contribution in [0.3, 0.4) is 0 Å². The van der Waals surface area contributed by atoms with Crippen LogP contribution in [0, 0.1) is 0 Å². The van der Waals surface area contributed by atoms with E-state index in [-0.39, 0.29) is 0 Å². The third kappa shape index (κ3) is 2.65. The average Bonchev–Trinajstić information content (AvgIpc) is 2.46. The molecule has 0 aromatic heterocycles. The molecule has 0 fully saturated rings. The van der Waals surface area contributed by atoms with E-state index in [1.165, 1.54) is 22.4 Å². The highest BCUT2D eigenvalue weighted by Crippen LogP contribution is 2.30. The van der Waals surface area contributed by atoms with E-state index in [0.29, 0.717) is 0 Å². The summed E-state index contributed by atoms with van der Waals surface area (Å²) in [6.45, 7) is 2.05. The first-order valence-corrected chi connectivity index (χ1v) is 7.94. The van der Waals surface area contributed by atoms with Crippen molar-refractivity contribution in [2.45, 2.75) is 18.3 Å². The molecule has 1 nitrogen and oxygen atoms in total. The summed E-state index contributed by atoms with van der Waals surface area (Å²) in [5.74, 6) is 0. The van der Waals surface area contributed by atoms with Crippen molar-refractivity contribution in [2.24, 2.45) is 0 Å². The van der Waals surface area contributed by atoms with E-state index >= 15 is 0 Å². The van der Waals surface area contributed by atoms with Crippen LogP contribution < -0.4 is 4.90 Å². The van der Waals surface area contributed by atoms with Gasteiger partial charge in [0.05, 0.1) is 0 Å². The lowest BCUT2D eigenvalue weighted by molar-refractivity contribution is 0.729. The molecule has 1 heterocycles. The van der Waals surface area contributed by atoms with Gasteiger partial charge in [0.25, 0.3) is 0 Å². The van der Waals surface area contributed by atoms with Crippen molar-refractivity contribution in [3.05, 3.63) is 64.2 Å². The van der Waals surface area contributed by atoms with Crippen LogP contribution in [-0.2, 0) is 18.3 Å². The van der Waals surface area contributed by atoms with Gasteiger partial charge in [-0.25, -0.2) is 0 Å². The van der Waals surface area contributed by atoms with E-state index in [9.17, 15) is 0 Å². The van der Waals surface area contributed by atoms with Crippen molar-refractivity contribution in [1.29, 1.82) is 0 Å². The lowest BCUT2D eigenvalue weighted by Gasteiger charge is -2.32. The molecule has 0 bridgehead atoms. The molecule has 0 saturated carbocycles. The van der Waals surface area contributed by atoms with Gasteiger partial charge in [-0.15, -0.1) is 0 Å². The largest absolute Gasteiger partial charge is 0.367 e. The second kappa shape index (κ2) is 5.56. The minimum absolute atomic E-state index is 0.801. The average molecular weight is 337 g/mol. The number of anilines is 1. The van der Waals surface area contributed by atoms with Gasteiger partial charge in [0.15, 0.2) is 0 Å². The maximum atomic E-state index is 6.08. The fourth-order valence-corrected chi connectivity index (χ4v) is 3.31. The van der Waals surface area contributed by atoms with Crippen molar-refractivity contribution in [3.8, 4) is 0 Å². The van der Waals surface area contributed by atoms with Crippen LogP contribution in [0.15, 0.2) is 42.5 Å². The molecule has 2 aromatic carbocycles. The molecule has 0 atom stereocenters. The number of rotatable bonds is 2. The van der Waals surface area contributed by atoms with Crippen molar-refractivity contribution in [1.82, 2.24) is 0 Å². The van der Waals surface area contributed by atoms with Crippen molar-refractivity contribution in [3.63, 3.8) is 0 Å². The van der Waals surface area contributed by atoms with Gasteiger partial charge >= 0.3 is 0 Å². The highest BCUT2D eigenvalue weighted by atomic mass is 79.9. The van der Waals surface area contributed by atoms with E-state index < -0.39 is 0 Å². The minimum Gasteiger partial charge on any atom is -0.367 e. The van der Waals surface area contributed by atoms with Gasteiger partial charge < -0.3 is 4.90 Å². The molecule has 0 unspecified atom stereocenters. The van der Waals surface area contributed by atoms with Crippen LogP contribution in [0.4, 0.5) is 5.69 Å². The maximum Gasteiger partial charge on any atom is 0.0432 e. The number of hydrogen-bond donors (Lipinski definition) is 0. The Morgan fingerprint density at radius 2 is 1.89 bits per heavy atom. The Morgan fingerprint density at radius 1 is 1.11 bits per heavy atom. The first-order chi connectivity index (χ1) is 9.28. The van der Waals surface area contributed by atoms with E-state index in [4.69, 9.17) is 11.6 Å². The van der Waals surface area contributed by atoms with Gasteiger partial charge in [0, 0.05) is 29.1 Å². The molecule has 1 aliphatic heterocycles. The van der Waals surface area contributed by atoms with Gasteiger partial charge in [-0.05, 0) is 41.3 Å². The van der Waals surface area contributed by atoms with E-state index in [2.05, 4.69) is 51.2 Å². The topological polar surface area (TPSA) is 3.24 Å². The van der Waals surface area contributed by atoms with Crippen LogP contribution in [0.5, 0.6) is 0 Å². The van der Waals surface area contributed by atoms with Crippen LogP contribution in [0.2, 0.25) is 5.02 Å². The smallest absolute Gasteiger partial charge is 0.0432 e. The van der Waals surface area contributed by atoms with E-state index in [0.717, 1.165) is 29.9 Å². The molecule has 0 saturated heterocycles. The van der Waals surface area contributed by atoms with Gasteiger partial charge in [0.1, 0.15) is 0 Å². The third-order valence-electron chi connectivity index (χ3n) is 3.66. The zero-order chi connectivity index (χ0) is 13.2. The van der Waals surface area contributed by atoms with Crippen LogP contribution in [0.25, 0.3) is 0 Å². The standard InChI is InChI=1S/C16H15BrClN/c17-10-14-9-15(18)5-6-16(14)19-8-7-12-3-1-2-4-13(12)11-19/h1-6,9H,7-8,10-11H2.